The third-order valence-corrected chi connectivity index (χ3v) is 6.81. The van der Waals surface area contributed by atoms with Gasteiger partial charge in [-0.15, -0.1) is 0 Å². The van der Waals surface area contributed by atoms with Crippen LogP contribution >= 0.6 is 0 Å². The van der Waals surface area contributed by atoms with E-state index in [4.69, 9.17) is 5.73 Å². The standard InChI is InChI=1S/C22H26N4O4/c23-17-11-25(10-14(17)7-12-1-2-12)9-13-3-4-15-16(8-13)22(30)26(21(15)29)18-5-6-19(27)24-20(18)28/h3-4,8,12,14,17-18H,1-2,5-7,9-11,23H2,(H,24,27,28)/t14-,17-,18?/m1/s1. The van der Waals surface area contributed by atoms with Gasteiger partial charge >= 0.3 is 0 Å². The Kier molecular flexibility index (Phi) is 4.71. The van der Waals surface area contributed by atoms with Crippen molar-refractivity contribution in [2.24, 2.45) is 17.6 Å². The highest BCUT2D eigenvalue weighted by Crippen LogP contribution is 2.38. The van der Waals surface area contributed by atoms with E-state index in [0.717, 1.165) is 29.5 Å². The van der Waals surface area contributed by atoms with E-state index in [9.17, 15) is 19.2 Å². The monoisotopic (exact) mass is 410 g/mol. The number of carbonyl (C=O) groups excluding carboxylic acids is 4. The number of nitrogens with two attached hydrogens (primary N) is 1. The van der Waals surface area contributed by atoms with Crippen LogP contribution in [0.5, 0.6) is 0 Å². The lowest BCUT2D eigenvalue weighted by Crippen LogP contribution is -2.54. The molecule has 1 aromatic rings. The number of rotatable bonds is 5. The summed E-state index contributed by atoms with van der Waals surface area (Å²) in [5, 5.41) is 2.22. The third-order valence-electron chi connectivity index (χ3n) is 6.81. The summed E-state index contributed by atoms with van der Waals surface area (Å²) in [6.07, 6.45) is 4.14. The predicted octanol–water partition coefficient (Wildman–Crippen LogP) is 0.647. The van der Waals surface area contributed by atoms with Gasteiger partial charge in [-0.1, -0.05) is 18.9 Å². The van der Waals surface area contributed by atoms with Crippen molar-refractivity contribution in [2.75, 3.05) is 13.1 Å². The fourth-order valence-electron chi connectivity index (χ4n) is 5.02. The molecule has 3 atom stereocenters. The lowest BCUT2D eigenvalue weighted by atomic mass is 9.98. The van der Waals surface area contributed by atoms with E-state index in [1.807, 2.05) is 6.07 Å². The molecule has 1 unspecified atom stereocenters. The summed E-state index contributed by atoms with van der Waals surface area (Å²) in [6, 6.07) is 4.57. The van der Waals surface area contributed by atoms with Crippen LogP contribution in [0.15, 0.2) is 18.2 Å². The summed E-state index contributed by atoms with van der Waals surface area (Å²) in [5.74, 6) is -0.520. The molecule has 1 aliphatic carbocycles. The fraction of sp³-hybridized carbons (Fsp3) is 0.545. The molecule has 0 spiro atoms. The van der Waals surface area contributed by atoms with Crippen LogP contribution in [-0.4, -0.2) is 58.6 Å². The number of nitrogens with one attached hydrogen (secondary N) is 1. The highest BCUT2D eigenvalue weighted by atomic mass is 16.2. The van der Waals surface area contributed by atoms with Crippen molar-refractivity contribution in [3.63, 3.8) is 0 Å². The fourth-order valence-corrected chi connectivity index (χ4v) is 5.02. The molecule has 0 aromatic heterocycles. The Labute approximate surface area is 174 Å². The number of piperidine rings is 1. The second-order valence-corrected chi connectivity index (χ2v) is 9.12. The molecule has 1 saturated carbocycles. The van der Waals surface area contributed by atoms with Gasteiger partial charge in [0.1, 0.15) is 6.04 Å². The second kappa shape index (κ2) is 7.28. The molecule has 30 heavy (non-hydrogen) atoms. The number of benzene rings is 1. The molecular weight excluding hydrogens is 384 g/mol. The smallest absolute Gasteiger partial charge is 0.262 e. The van der Waals surface area contributed by atoms with Gasteiger partial charge < -0.3 is 5.73 Å². The van der Waals surface area contributed by atoms with Crippen LogP contribution in [0.3, 0.4) is 0 Å². The molecule has 3 N–H and O–H groups in total. The highest BCUT2D eigenvalue weighted by molar-refractivity contribution is 6.23. The van der Waals surface area contributed by atoms with Crippen LogP contribution in [0, 0.1) is 11.8 Å². The van der Waals surface area contributed by atoms with Gasteiger partial charge in [-0.3, -0.25) is 34.3 Å². The molecule has 2 saturated heterocycles. The summed E-state index contributed by atoms with van der Waals surface area (Å²) in [5.41, 5.74) is 7.95. The molecule has 1 aromatic carbocycles. The van der Waals surface area contributed by atoms with E-state index in [1.54, 1.807) is 12.1 Å². The lowest BCUT2D eigenvalue weighted by Gasteiger charge is -2.27. The molecule has 158 valence electrons. The van der Waals surface area contributed by atoms with Crippen molar-refractivity contribution < 1.29 is 19.2 Å². The van der Waals surface area contributed by atoms with Gasteiger partial charge in [0.2, 0.25) is 11.8 Å². The first-order valence-electron chi connectivity index (χ1n) is 10.7. The highest BCUT2D eigenvalue weighted by Gasteiger charge is 2.44. The molecule has 3 aliphatic heterocycles. The minimum absolute atomic E-state index is 0.117. The number of hydrogen-bond acceptors (Lipinski definition) is 6. The van der Waals surface area contributed by atoms with Crippen molar-refractivity contribution in [3.05, 3.63) is 34.9 Å². The minimum Gasteiger partial charge on any atom is -0.326 e. The average Bonchev–Trinajstić information content (AvgIpc) is 3.41. The minimum atomic E-state index is -0.932. The van der Waals surface area contributed by atoms with Crippen molar-refractivity contribution in [1.82, 2.24) is 15.1 Å². The maximum absolute atomic E-state index is 13.0. The van der Waals surface area contributed by atoms with Crippen LogP contribution in [0.1, 0.15) is 58.4 Å². The van der Waals surface area contributed by atoms with Crippen LogP contribution < -0.4 is 11.1 Å². The summed E-state index contributed by atoms with van der Waals surface area (Å²) in [6.45, 7) is 2.48. The Morgan fingerprint density at radius 1 is 1.00 bits per heavy atom. The number of likely N-dealkylation sites (tertiary alicyclic amines) is 1. The zero-order chi connectivity index (χ0) is 21.0. The van der Waals surface area contributed by atoms with Gasteiger partial charge in [-0.05, 0) is 42.4 Å². The van der Waals surface area contributed by atoms with Crippen molar-refractivity contribution in [1.29, 1.82) is 0 Å². The largest absolute Gasteiger partial charge is 0.326 e. The van der Waals surface area contributed by atoms with E-state index in [2.05, 4.69) is 10.2 Å². The first kappa shape index (κ1) is 19.4. The molecule has 4 aliphatic rings. The maximum Gasteiger partial charge on any atom is 0.262 e. The first-order valence-corrected chi connectivity index (χ1v) is 10.7. The van der Waals surface area contributed by atoms with Gasteiger partial charge in [0.25, 0.3) is 11.8 Å². The van der Waals surface area contributed by atoms with Gasteiger partial charge in [0, 0.05) is 32.1 Å². The summed E-state index contributed by atoms with van der Waals surface area (Å²) >= 11 is 0. The van der Waals surface area contributed by atoms with Crippen molar-refractivity contribution >= 4 is 23.6 Å². The molecular formula is C22H26N4O4. The number of imide groups is 2. The summed E-state index contributed by atoms with van der Waals surface area (Å²) < 4.78 is 0. The molecule has 8 heteroatoms. The van der Waals surface area contributed by atoms with E-state index >= 15 is 0 Å². The van der Waals surface area contributed by atoms with E-state index in [-0.39, 0.29) is 24.8 Å². The third kappa shape index (κ3) is 3.44. The number of carbonyl (C=O) groups is 4. The number of fused-ring (bicyclic) bond motifs is 1. The SMILES string of the molecule is N[C@@H]1CN(Cc2ccc3c(c2)C(=O)N(C2CCC(=O)NC2=O)C3=O)C[C@H]1CC1CC1. The summed E-state index contributed by atoms with van der Waals surface area (Å²) in [4.78, 5) is 52.7. The number of nitrogens with zero attached hydrogens (tertiary/aromatic N) is 2. The van der Waals surface area contributed by atoms with Crippen LogP contribution in [0.2, 0.25) is 0 Å². The Bertz CT molecular complexity index is 941. The molecule has 4 amide bonds. The van der Waals surface area contributed by atoms with Gasteiger partial charge in [0.15, 0.2) is 0 Å². The predicted molar refractivity (Wildman–Crippen MR) is 107 cm³/mol. The summed E-state index contributed by atoms with van der Waals surface area (Å²) in [7, 11) is 0. The quantitative estimate of drug-likeness (QED) is 0.689. The van der Waals surface area contributed by atoms with E-state index < -0.39 is 23.8 Å². The molecule has 3 fully saturated rings. The normalized spacial score (nSPS) is 29.5. The first-order chi connectivity index (χ1) is 14.4. The second-order valence-electron chi connectivity index (χ2n) is 9.12. The van der Waals surface area contributed by atoms with E-state index in [1.165, 1.54) is 19.3 Å². The van der Waals surface area contributed by atoms with Crippen LogP contribution in [-0.2, 0) is 16.1 Å². The van der Waals surface area contributed by atoms with E-state index in [0.29, 0.717) is 23.6 Å². The van der Waals surface area contributed by atoms with Crippen LogP contribution in [0.25, 0.3) is 0 Å². The molecule has 8 nitrogen and oxygen atoms in total. The Balaban J connectivity index is 1.30. The molecule has 0 bridgehead atoms. The maximum atomic E-state index is 13.0. The zero-order valence-electron chi connectivity index (χ0n) is 16.8. The van der Waals surface area contributed by atoms with Crippen molar-refractivity contribution in [2.45, 2.75) is 50.7 Å². The number of amides is 4. The molecule has 5 rings (SSSR count). The van der Waals surface area contributed by atoms with Crippen molar-refractivity contribution in [3.8, 4) is 0 Å². The number of hydrogen-bond donors (Lipinski definition) is 2. The topological polar surface area (TPSA) is 113 Å². The lowest BCUT2D eigenvalue weighted by molar-refractivity contribution is -0.136. The average molecular weight is 410 g/mol. The van der Waals surface area contributed by atoms with Gasteiger partial charge in [-0.25, -0.2) is 0 Å². The Hall–Kier alpha value is -2.58. The van der Waals surface area contributed by atoms with Crippen LogP contribution in [0.4, 0.5) is 0 Å². The zero-order valence-corrected chi connectivity index (χ0v) is 16.8. The van der Waals surface area contributed by atoms with Gasteiger partial charge in [0.05, 0.1) is 11.1 Å². The Morgan fingerprint density at radius 3 is 2.50 bits per heavy atom. The molecule has 0 radical (unpaired) electrons. The van der Waals surface area contributed by atoms with Gasteiger partial charge in [-0.2, -0.15) is 0 Å². The molecule has 3 heterocycles. The Morgan fingerprint density at radius 2 is 1.77 bits per heavy atom.